The second-order valence-electron chi connectivity index (χ2n) is 7.04. The molecule has 3 rings (SSSR count). The van der Waals surface area contributed by atoms with Crippen molar-refractivity contribution < 1.29 is 17.9 Å². The van der Waals surface area contributed by atoms with Crippen molar-refractivity contribution in [2.24, 2.45) is 7.05 Å². The molecule has 2 aromatic heterocycles. The topological polar surface area (TPSA) is 81.8 Å². The molecule has 7 nitrogen and oxygen atoms in total. The van der Waals surface area contributed by atoms with Crippen molar-refractivity contribution in [3.05, 3.63) is 70.1 Å². The van der Waals surface area contributed by atoms with Crippen molar-refractivity contribution in [1.82, 2.24) is 9.29 Å². The van der Waals surface area contributed by atoms with E-state index in [2.05, 4.69) is 9.57 Å². The van der Waals surface area contributed by atoms with Gasteiger partial charge in [-0.1, -0.05) is 37.3 Å². The van der Waals surface area contributed by atoms with E-state index >= 15 is 0 Å². The maximum Gasteiger partial charge on any atom is 0.354 e. The Kier molecular flexibility index (Phi) is 7.51. The van der Waals surface area contributed by atoms with Crippen LogP contribution in [-0.2, 0) is 34.6 Å². The van der Waals surface area contributed by atoms with E-state index in [1.807, 2.05) is 31.2 Å². The monoisotopic (exact) mass is 471 g/mol. The highest BCUT2D eigenvalue weighted by Gasteiger charge is 2.26. The summed E-state index contributed by atoms with van der Waals surface area (Å²) in [4.78, 5) is 16.4. The molecule has 0 saturated heterocycles. The van der Waals surface area contributed by atoms with Gasteiger partial charge in [0.2, 0.25) is 15.7 Å². The molecule has 3 aromatic rings. The number of ether oxygens (including phenoxy) is 1. The van der Waals surface area contributed by atoms with Crippen LogP contribution in [0.1, 0.15) is 35.6 Å². The van der Waals surface area contributed by atoms with Gasteiger partial charge in [0, 0.05) is 24.8 Å². The summed E-state index contributed by atoms with van der Waals surface area (Å²) < 4.78 is 34.4. The van der Waals surface area contributed by atoms with Crippen LogP contribution in [0.15, 0.2) is 46.0 Å². The van der Waals surface area contributed by atoms with Crippen LogP contribution in [0.4, 0.5) is 5.69 Å². The number of nitrogens with zero attached hydrogens (tertiary/aromatic N) is 2. The molecule has 0 unspecified atom stereocenters. The normalized spacial score (nSPS) is 11.3. The summed E-state index contributed by atoms with van der Waals surface area (Å²) in [6.45, 7) is 11.9. The number of sulfonamides is 1. The quantitative estimate of drug-likeness (QED) is 0.366. The first-order valence-corrected chi connectivity index (χ1v) is 12.6. The molecular weight excluding hydrogens is 446 g/mol. The minimum Gasteiger partial charge on any atom is -0.461 e. The maximum absolute atomic E-state index is 12.6. The zero-order chi connectivity index (χ0) is 23.3. The standard InChI is InChI=1S/C23H25N3O4S2/c1-5-18-21(24-3)20(22(26(18)4)23(27)30-6-2)17-11-9-16(10-12-17)13-14-25-32(28,29)19-8-7-15-31-19/h7-12,15,25H,5-6,13-14H2,1-2,4H3. The molecule has 1 aromatic carbocycles. The number of nitrogens with one attached hydrogen (secondary N) is 1. The zero-order valence-corrected chi connectivity index (χ0v) is 19.8. The smallest absolute Gasteiger partial charge is 0.354 e. The fourth-order valence-corrected chi connectivity index (χ4v) is 5.68. The van der Waals surface area contributed by atoms with Crippen molar-refractivity contribution in [3.8, 4) is 11.1 Å². The molecular formula is C23H25N3O4S2. The third-order valence-electron chi connectivity index (χ3n) is 5.11. The minimum absolute atomic E-state index is 0.249. The Balaban J connectivity index is 1.84. The summed E-state index contributed by atoms with van der Waals surface area (Å²) in [6, 6.07) is 10.8. The summed E-state index contributed by atoms with van der Waals surface area (Å²) in [5.74, 6) is -0.457. The Bertz CT molecular complexity index is 1240. The molecule has 0 spiro atoms. The van der Waals surface area contributed by atoms with Crippen molar-refractivity contribution in [2.75, 3.05) is 13.2 Å². The summed E-state index contributed by atoms with van der Waals surface area (Å²) in [7, 11) is -1.72. The Hall–Kier alpha value is -2.93. The van der Waals surface area contributed by atoms with E-state index in [0.717, 1.165) is 16.8 Å². The lowest BCUT2D eigenvalue weighted by Crippen LogP contribution is -2.25. The van der Waals surface area contributed by atoms with Crippen molar-refractivity contribution in [3.63, 3.8) is 0 Å². The van der Waals surface area contributed by atoms with Gasteiger partial charge in [-0.2, -0.15) is 0 Å². The van der Waals surface area contributed by atoms with Crippen LogP contribution in [0.25, 0.3) is 16.0 Å². The summed E-state index contributed by atoms with van der Waals surface area (Å²) >= 11 is 1.18. The van der Waals surface area contributed by atoms with Crippen LogP contribution in [-0.4, -0.2) is 32.1 Å². The average Bonchev–Trinajstić information content (AvgIpc) is 3.41. The molecule has 0 aliphatic carbocycles. The molecule has 0 atom stereocenters. The molecule has 2 heterocycles. The second kappa shape index (κ2) is 10.1. The number of esters is 1. The molecule has 0 aliphatic heterocycles. The fraction of sp³-hybridized carbons (Fsp3) is 0.304. The van der Waals surface area contributed by atoms with Gasteiger partial charge in [0.1, 0.15) is 9.90 Å². The van der Waals surface area contributed by atoms with E-state index in [0.29, 0.717) is 34.0 Å². The van der Waals surface area contributed by atoms with E-state index in [9.17, 15) is 13.2 Å². The lowest BCUT2D eigenvalue weighted by molar-refractivity contribution is 0.0516. The van der Waals surface area contributed by atoms with E-state index in [1.54, 1.807) is 36.1 Å². The maximum atomic E-state index is 12.6. The molecule has 0 fully saturated rings. The molecule has 32 heavy (non-hydrogen) atoms. The first-order chi connectivity index (χ1) is 15.3. The number of thiophene rings is 1. The number of carbonyl (C=O) groups excluding carboxylic acids is 1. The number of hydrogen-bond acceptors (Lipinski definition) is 5. The third-order valence-corrected chi connectivity index (χ3v) is 7.97. The summed E-state index contributed by atoms with van der Waals surface area (Å²) in [5, 5.41) is 1.72. The Morgan fingerprint density at radius 3 is 2.50 bits per heavy atom. The number of rotatable bonds is 9. The third kappa shape index (κ3) is 4.78. The van der Waals surface area contributed by atoms with Crippen molar-refractivity contribution >= 4 is 33.0 Å². The van der Waals surface area contributed by atoms with Gasteiger partial charge < -0.3 is 9.30 Å². The Labute approximate surface area is 192 Å². The van der Waals surface area contributed by atoms with Gasteiger partial charge in [0.15, 0.2) is 0 Å². The number of benzene rings is 1. The van der Waals surface area contributed by atoms with Crippen LogP contribution in [0, 0.1) is 6.57 Å². The summed E-state index contributed by atoms with van der Waals surface area (Å²) in [6.07, 6.45) is 1.13. The van der Waals surface area contributed by atoms with Crippen LogP contribution in [0.3, 0.4) is 0 Å². The van der Waals surface area contributed by atoms with E-state index in [-0.39, 0.29) is 13.2 Å². The van der Waals surface area contributed by atoms with Crippen molar-refractivity contribution in [1.29, 1.82) is 0 Å². The van der Waals surface area contributed by atoms with Gasteiger partial charge in [-0.3, -0.25) is 0 Å². The Morgan fingerprint density at radius 1 is 1.22 bits per heavy atom. The zero-order valence-electron chi connectivity index (χ0n) is 18.2. The highest BCUT2D eigenvalue weighted by molar-refractivity contribution is 7.91. The van der Waals surface area contributed by atoms with Gasteiger partial charge in [-0.25, -0.2) is 22.8 Å². The molecule has 0 saturated carbocycles. The van der Waals surface area contributed by atoms with Crippen molar-refractivity contribution in [2.45, 2.75) is 30.9 Å². The predicted octanol–water partition coefficient (Wildman–Crippen LogP) is 4.56. The van der Waals surface area contributed by atoms with Crippen LogP contribution >= 0.6 is 11.3 Å². The molecule has 0 radical (unpaired) electrons. The predicted molar refractivity (Wildman–Crippen MR) is 126 cm³/mol. The number of aromatic nitrogens is 1. The van der Waals surface area contributed by atoms with E-state index in [1.165, 1.54) is 11.3 Å². The SMILES string of the molecule is [C-]#[N+]c1c(-c2ccc(CCNS(=O)(=O)c3cccs3)cc2)c(C(=O)OCC)n(C)c1CC. The van der Waals surface area contributed by atoms with Gasteiger partial charge in [-0.15, -0.1) is 11.3 Å². The molecule has 9 heteroatoms. The number of hydrogen-bond donors (Lipinski definition) is 1. The van der Waals surface area contributed by atoms with Gasteiger partial charge in [-0.05, 0) is 42.3 Å². The molecule has 1 N–H and O–H groups in total. The van der Waals surface area contributed by atoms with Gasteiger partial charge in [0.25, 0.3) is 0 Å². The lowest BCUT2D eigenvalue weighted by Gasteiger charge is -2.10. The highest BCUT2D eigenvalue weighted by atomic mass is 32.2. The number of carbonyl (C=O) groups is 1. The second-order valence-corrected chi connectivity index (χ2v) is 9.98. The van der Waals surface area contributed by atoms with Gasteiger partial charge >= 0.3 is 5.97 Å². The fourth-order valence-electron chi connectivity index (χ4n) is 3.61. The van der Waals surface area contributed by atoms with Gasteiger partial charge in [0.05, 0.1) is 13.2 Å². The van der Waals surface area contributed by atoms with Crippen LogP contribution in [0.5, 0.6) is 0 Å². The average molecular weight is 472 g/mol. The largest absolute Gasteiger partial charge is 0.461 e. The summed E-state index contributed by atoms with van der Waals surface area (Å²) in [5.41, 5.74) is 3.86. The van der Waals surface area contributed by atoms with E-state index < -0.39 is 16.0 Å². The molecule has 0 aliphatic rings. The lowest BCUT2D eigenvalue weighted by atomic mass is 10.0. The minimum atomic E-state index is -3.49. The molecule has 0 bridgehead atoms. The molecule has 0 amide bonds. The first-order valence-electron chi connectivity index (χ1n) is 10.2. The van der Waals surface area contributed by atoms with Crippen LogP contribution in [0.2, 0.25) is 0 Å². The van der Waals surface area contributed by atoms with E-state index in [4.69, 9.17) is 11.3 Å². The van der Waals surface area contributed by atoms with Crippen LogP contribution < -0.4 is 4.72 Å². The highest BCUT2D eigenvalue weighted by Crippen LogP contribution is 2.39. The Morgan fingerprint density at radius 2 is 1.94 bits per heavy atom. The molecule has 168 valence electrons. The first kappa shape index (κ1) is 23.7.